The van der Waals surface area contributed by atoms with E-state index in [1.165, 1.54) is 16.7 Å². The van der Waals surface area contributed by atoms with Crippen LogP contribution in [-0.4, -0.2) is 36.7 Å². The van der Waals surface area contributed by atoms with Gasteiger partial charge < -0.3 is 15.0 Å². The summed E-state index contributed by atoms with van der Waals surface area (Å²) >= 11 is 0. The average Bonchev–Trinajstić information content (AvgIpc) is 2.39. The molecule has 0 spiro atoms. The van der Waals surface area contributed by atoms with Crippen molar-refractivity contribution in [3.8, 4) is 0 Å². The van der Waals surface area contributed by atoms with Crippen molar-refractivity contribution in [2.75, 3.05) is 20.1 Å². The van der Waals surface area contributed by atoms with Crippen LogP contribution in [0.2, 0.25) is 0 Å². The van der Waals surface area contributed by atoms with E-state index >= 15 is 0 Å². The molecule has 0 saturated heterocycles. The van der Waals surface area contributed by atoms with Gasteiger partial charge in [0, 0.05) is 26.2 Å². The van der Waals surface area contributed by atoms with Gasteiger partial charge in [-0.3, -0.25) is 0 Å². The second-order valence-corrected chi connectivity index (χ2v) is 6.92. The number of nitrogens with zero attached hydrogens (tertiary/aromatic N) is 1. The summed E-state index contributed by atoms with van der Waals surface area (Å²) in [6.45, 7) is 13.3. The fourth-order valence-electron chi connectivity index (χ4n) is 2.03. The monoisotopic (exact) mass is 306 g/mol. The maximum atomic E-state index is 11.9. The van der Waals surface area contributed by atoms with Crippen LogP contribution in [0.25, 0.3) is 0 Å². The van der Waals surface area contributed by atoms with Gasteiger partial charge in [-0.25, -0.2) is 4.79 Å². The third-order valence-electron chi connectivity index (χ3n) is 3.63. The minimum Gasteiger partial charge on any atom is -0.444 e. The molecule has 4 heteroatoms. The maximum Gasteiger partial charge on any atom is 0.410 e. The van der Waals surface area contributed by atoms with Gasteiger partial charge in [-0.05, 0) is 58.2 Å². The molecule has 0 heterocycles. The average molecular weight is 306 g/mol. The molecule has 1 amide bonds. The molecule has 0 fully saturated rings. The van der Waals surface area contributed by atoms with E-state index in [9.17, 15) is 4.79 Å². The van der Waals surface area contributed by atoms with Crippen molar-refractivity contribution in [1.29, 1.82) is 0 Å². The van der Waals surface area contributed by atoms with Gasteiger partial charge in [0.2, 0.25) is 0 Å². The highest BCUT2D eigenvalue weighted by Gasteiger charge is 2.19. The second kappa shape index (κ2) is 7.63. The lowest BCUT2D eigenvalue weighted by atomic mass is 10.0. The predicted octanol–water partition coefficient (Wildman–Crippen LogP) is 3.82. The summed E-state index contributed by atoms with van der Waals surface area (Å²) in [5.74, 6) is 0. The molecule has 124 valence electrons. The van der Waals surface area contributed by atoms with Crippen LogP contribution in [0.3, 0.4) is 0 Å². The molecule has 0 saturated carbocycles. The number of hydrogen-bond acceptors (Lipinski definition) is 3. The molecule has 1 N–H and O–H groups in total. The van der Waals surface area contributed by atoms with Gasteiger partial charge in [0.1, 0.15) is 5.60 Å². The van der Waals surface area contributed by atoms with Crippen LogP contribution in [0, 0.1) is 13.8 Å². The molecule has 0 aliphatic carbocycles. The standard InChI is InChI=1S/C18H30N2O2/c1-13-8-9-16(12-14(13)2)15(3)19-10-11-20(7)17(21)22-18(4,5)6/h8-9,12,15,19H,10-11H2,1-7H3. The quantitative estimate of drug-likeness (QED) is 0.899. The molecule has 0 aliphatic rings. The number of rotatable bonds is 5. The normalized spacial score (nSPS) is 12.9. The summed E-state index contributed by atoms with van der Waals surface area (Å²) in [6, 6.07) is 6.77. The van der Waals surface area contributed by atoms with Crippen LogP contribution in [0.15, 0.2) is 18.2 Å². The number of aryl methyl sites for hydroxylation is 2. The van der Waals surface area contributed by atoms with E-state index in [0.29, 0.717) is 6.54 Å². The minimum atomic E-state index is -0.453. The Hall–Kier alpha value is -1.55. The van der Waals surface area contributed by atoms with Crippen LogP contribution >= 0.6 is 0 Å². The van der Waals surface area contributed by atoms with Crippen molar-refractivity contribution in [2.45, 2.75) is 53.2 Å². The second-order valence-electron chi connectivity index (χ2n) is 6.92. The molecule has 4 nitrogen and oxygen atoms in total. The van der Waals surface area contributed by atoms with Gasteiger partial charge in [-0.2, -0.15) is 0 Å². The first-order valence-corrected chi connectivity index (χ1v) is 7.85. The van der Waals surface area contributed by atoms with Gasteiger partial charge in [0.25, 0.3) is 0 Å². The summed E-state index contributed by atoms with van der Waals surface area (Å²) in [7, 11) is 1.76. The number of nitrogens with one attached hydrogen (secondary N) is 1. The number of carbonyl (C=O) groups excluding carboxylic acids is 1. The van der Waals surface area contributed by atoms with Crippen LogP contribution in [0.4, 0.5) is 4.79 Å². The van der Waals surface area contributed by atoms with Gasteiger partial charge >= 0.3 is 6.09 Å². The predicted molar refractivity (Wildman–Crippen MR) is 91.2 cm³/mol. The van der Waals surface area contributed by atoms with Gasteiger partial charge in [0.15, 0.2) is 0 Å². The maximum absolute atomic E-state index is 11.9. The van der Waals surface area contributed by atoms with Crippen molar-refractivity contribution in [1.82, 2.24) is 10.2 Å². The summed E-state index contributed by atoms with van der Waals surface area (Å²) in [5.41, 5.74) is 3.42. The van der Waals surface area contributed by atoms with E-state index < -0.39 is 5.60 Å². The van der Waals surface area contributed by atoms with E-state index in [1.54, 1.807) is 11.9 Å². The van der Waals surface area contributed by atoms with Crippen molar-refractivity contribution in [3.63, 3.8) is 0 Å². The first kappa shape index (κ1) is 18.5. The summed E-state index contributed by atoms with van der Waals surface area (Å²) in [4.78, 5) is 13.5. The smallest absolute Gasteiger partial charge is 0.410 e. The van der Waals surface area contributed by atoms with Crippen molar-refractivity contribution >= 4 is 6.09 Å². The fourth-order valence-corrected chi connectivity index (χ4v) is 2.03. The number of hydrogen-bond donors (Lipinski definition) is 1. The van der Waals surface area contributed by atoms with E-state index in [-0.39, 0.29) is 12.1 Å². The Morgan fingerprint density at radius 1 is 1.27 bits per heavy atom. The Morgan fingerprint density at radius 2 is 1.91 bits per heavy atom. The molecule has 1 rings (SSSR count). The highest BCUT2D eigenvalue weighted by Crippen LogP contribution is 2.16. The van der Waals surface area contributed by atoms with Gasteiger partial charge in [0.05, 0.1) is 0 Å². The number of carbonyl (C=O) groups is 1. The minimum absolute atomic E-state index is 0.256. The van der Waals surface area contributed by atoms with Crippen molar-refractivity contribution in [2.24, 2.45) is 0 Å². The summed E-state index contributed by atoms with van der Waals surface area (Å²) in [6.07, 6.45) is -0.284. The first-order chi connectivity index (χ1) is 10.1. The van der Waals surface area contributed by atoms with Crippen molar-refractivity contribution in [3.05, 3.63) is 34.9 Å². The Kier molecular flexibility index (Phi) is 6.42. The molecule has 1 aromatic rings. The number of likely N-dealkylation sites (N-methyl/N-ethyl adjacent to an activating group) is 1. The molecule has 0 aliphatic heterocycles. The number of amides is 1. The molecule has 1 aromatic carbocycles. The largest absolute Gasteiger partial charge is 0.444 e. The van der Waals surface area contributed by atoms with E-state index in [4.69, 9.17) is 4.74 Å². The van der Waals surface area contributed by atoms with Crippen molar-refractivity contribution < 1.29 is 9.53 Å². The Bertz CT molecular complexity index is 506. The SMILES string of the molecule is Cc1ccc(C(C)NCCN(C)C(=O)OC(C)(C)C)cc1C. The van der Waals surface area contributed by atoms with Crippen LogP contribution in [-0.2, 0) is 4.74 Å². The van der Waals surface area contributed by atoms with E-state index in [2.05, 4.69) is 44.3 Å². The highest BCUT2D eigenvalue weighted by molar-refractivity contribution is 5.67. The molecule has 0 radical (unpaired) electrons. The third-order valence-corrected chi connectivity index (χ3v) is 3.63. The lowest BCUT2D eigenvalue weighted by Gasteiger charge is -2.25. The van der Waals surface area contributed by atoms with Crippen LogP contribution < -0.4 is 5.32 Å². The third kappa shape index (κ3) is 6.06. The first-order valence-electron chi connectivity index (χ1n) is 7.85. The summed E-state index contributed by atoms with van der Waals surface area (Å²) in [5, 5.41) is 3.44. The van der Waals surface area contributed by atoms with E-state index in [1.807, 2.05) is 20.8 Å². The molecule has 0 aromatic heterocycles. The molecular weight excluding hydrogens is 276 g/mol. The highest BCUT2D eigenvalue weighted by atomic mass is 16.6. The Balaban J connectivity index is 2.43. The lowest BCUT2D eigenvalue weighted by Crippen LogP contribution is -2.38. The van der Waals surface area contributed by atoms with Crippen LogP contribution in [0.1, 0.15) is 50.4 Å². The zero-order valence-corrected chi connectivity index (χ0v) is 15.0. The van der Waals surface area contributed by atoms with Crippen LogP contribution in [0.5, 0.6) is 0 Å². The topological polar surface area (TPSA) is 41.6 Å². The molecular formula is C18H30N2O2. The van der Waals surface area contributed by atoms with E-state index in [0.717, 1.165) is 6.54 Å². The van der Waals surface area contributed by atoms with Gasteiger partial charge in [-0.15, -0.1) is 0 Å². The fraction of sp³-hybridized carbons (Fsp3) is 0.611. The summed E-state index contributed by atoms with van der Waals surface area (Å²) < 4.78 is 5.33. The molecule has 1 atom stereocenters. The lowest BCUT2D eigenvalue weighted by molar-refractivity contribution is 0.0299. The Morgan fingerprint density at radius 3 is 2.45 bits per heavy atom. The number of benzene rings is 1. The zero-order valence-electron chi connectivity index (χ0n) is 15.0. The number of ether oxygens (including phenoxy) is 1. The molecule has 22 heavy (non-hydrogen) atoms. The molecule has 0 bridgehead atoms. The van der Waals surface area contributed by atoms with Gasteiger partial charge in [-0.1, -0.05) is 18.2 Å². The zero-order chi connectivity index (χ0) is 16.9. The Labute approximate surface area is 134 Å². The molecule has 1 unspecified atom stereocenters.